The molecule has 1 saturated heterocycles. The van der Waals surface area contributed by atoms with Crippen LogP contribution >= 0.6 is 0 Å². The Morgan fingerprint density at radius 3 is 2.73 bits per heavy atom. The van der Waals surface area contributed by atoms with Crippen LogP contribution in [0.1, 0.15) is 5.69 Å². The van der Waals surface area contributed by atoms with E-state index >= 15 is 0 Å². The van der Waals surface area contributed by atoms with Crippen LogP contribution in [-0.2, 0) is 6.54 Å². The third-order valence-electron chi connectivity index (χ3n) is 3.74. The van der Waals surface area contributed by atoms with E-state index in [4.69, 9.17) is 4.74 Å². The van der Waals surface area contributed by atoms with Gasteiger partial charge in [-0.1, -0.05) is 0 Å². The summed E-state index contributed by atoms with van der Waals surface area (Å²) in [5, 5.41) is 0. The fourth-order valence-electron chi connectivity index (χ4n) is 2.50. The molecule has 0 amide bonds. The highest BCUT2D eigenvalue weighted by atomic mass is 19.1. The van der Waals surface area contributed by atoms with Crippen LogP contribution in [0.15, 0.2) is 30.7 Å². The van der Waals surface area contributed by atoms with Crippen molar-refractivity contribution in [3.05, 3.63) is 42.2 Å². The number of rotatable bonds is 4. The van der Waals surface area contributed by atoms with E-state index in [1.54, 1.807) is 19.4 Å². The maximum Gasteiger partial charge on any atom is 0.218 e. The summed E-state index contributed by atoms with van der Waals surface area (Å²) >= 11 is 0. The molecule has 0 N–H and O–H groups in total. The lowest BCUT2D eigenvalue weighted by Crippen LogP contribution is -2.46. The van der Waals surface area contributed by atoms with Crippen molar-refractivity contribution in [3.63, 3.8) is 0 Å². The summed E-state index contributed by atoms with van der Waals surface area (Å²) in [5.74, 6) is 1.17. The average molecular weight is 303 g/mol. The lowest BCUT2D eigenvalue weighted by molar-refractivity contribution is 0.243. The Labute approximate surface area is 128 Å². The second kappa shape index (κ2) is 6.65. The van der Waals surface area contributed by atoms with E-state index < -0.39 is 0 Å². The topological polar surface area (TPSA) is 54.4 Å². The number of hydrogen-bond donors (Lipinski definition) is 0. The quantitative estimate of drug-likeness (QED) is 0.849. The fraction of sp³-hybridized carbons (Fsp3) is 0.400. The van der Waals surface area contributed by atoms with Crippen LogP contribution in [0.2, 0.25) is 0 Å². The van der Waals surface area contributed by atoms with E-state index in [2.05, 4.69) is 24.8 Å². The van der Waals surface area contributed by atoms with Crippen LogP contribution in [0, 0.1) is 5.82 Å². The van der Waals surface area contributed by atoms with E-state index in [1.807, 2.05) is 6.07 Å². The first kappa shape index (κ1) is 14.6. The van der Waals surface area contributed by atoms with Gasteiger partial charge in [-0.25, -0.2) is 14.4 Å². The highest BCUT2D eigenvalue weighted by Crippen LogP contribution is 2.18. The minimum absolute atomic E-state index is 0.245. The summed E-state index contributed by atoms with van der Waals surface area (Å²) in [4.78, 5) is 16.8. The summed E-state index contributed by atoms with van der Waals surface area (Å²) in [6.45, 7) is 3.86. The SMILES string of the molecule is COc1cc(N2CCN(Cc3ncccc3F)CC2)ncn1. The van der Waals surface area contributed by atoms with Crippen LogP contribution in [0.5, 0.6) is 5.88 Å². The molecule has 1 aliphatic rings. The Morgan fingerprint density at radius 2 is 2.00 bits per heavy atom. The maximum atomic E-state index is 13.6. The molecule has 1 fully saturated rings. The molecule has 0 unspecified atom stereocenters. The molecule has 0 bridgehead atoms. The van der Waals surface area contributed by atoms with Gasteiger partial charge in [-0.3, -0.25) is 9.88 Å². The highest BCUT2D eigenvalue weighted by Gasteiger charge is 2.19. The number of nitrogens with zero attached hydrogens (tertiary/aromatic N) is 5. The van der Waals surface area contributed by atoms with Crippen molar-refractivity contribution in [1.82, 2.24) is 19.9 Å². The third-order valence-corrected chi connectivity index (χ3v) is 3.74. The third kappa shape index (κ3) is 3.30. The van der Waals surface area contributed by atoms with E-state index in [1.165, 1.54) is 12.4 Å². The summed E-state index contributed by atoms with van der Waals surface area (Å²) in [7, 11) is 1.59. The van der Waals surface area contributed by atoms with Gasteiger partial charge in [0.1, 0.15) is 18.0 Å². The first-order valence-electron chi connectivity index (χ1n) is 7.19. The number of anilines is 1. The number of halogens is 1. The standard InChI is InChI=1S/C15H18FN5O/c1-22-15-9-14(18-11-19-15)21-7-5-20(6-8-21)10-13-12(16)3-2-4-17-13/h2-4,9,11H,5-8,10H2,1H3. The highest BCUT2D eigenvalue weighted by molar-refractivity contribution is 5.41. The number of methoxy groups -OCH3 is 1. The fourth-order valence-corrected chi connectivity index (χ4v) is 2.50. The Hall–Kier alpha value is -2.28. The molecule has 3 rings (SSSR count). The number of hydrogen-bond acceptors (Lipinski definition) is 6. The lowest BCUT2D eigenvalue weighted by atomic mass is 10.2. The lowest BCUT2D eigenvalue weighted by Gasteiger charge is -2.35. The zero-order valence-corrected chi connectivity index (χ0v) is 12.4. The largest absolute Gasteiger partial charge is 0.481 e. The van der Waals surface area contributed by atoms with Gasteiger partial charge in [-0.2, -0.15) is 0 Å². The number of aromatic nitrogens is 3. The van der Waals surface area contributed by atoms with Crippen LogP contribution in [0.25, 0.3) is 0 Å². The van der Waals surface area contributed by atoms with Gasteiger partial charge in [-0.15, -0.1) is 0 Å². The molecule has 0 radical (unpaired) electrons. The summed E-state index contributed by atoms with van der Waals surface area (Å²) in [6.07, 6.45) is 3.13. The second-order valence-corrected chi connectivity index (χ2v) is 5.11. The molecular weight excluding hydrogens is 285 g/mol. The van der Waals surface area contributed by atoms with Crippen molar-refractivity contribution < 1.29 is 9.13 Å². The first-order valence-corrected chi connectivity index (χ1v) is 7.19. The molecule has 0 saturated carbocycles. The summed E-state index contributed by atoms with van der Waals surface area (Å²) < 4.78 is 18.8. The van der Waals surface area contributed by atoms with E-state index in [0.717, 1.165) is 32.0 Å². The molecule has 7 heteroatoms. The minimum atomic E-state index is -0.245. The molecule has 22 heavy (non-hydrogen) atoms. The molecule has 0 atom stereocenters. The second-order valence-electron chi connectivity index (χ2n) is 5.11. The predicted molar refractivity (Wildman–Crippen MR) is 80.3 cm³/mol. The van der Waals surface area contributed by atoms with Crippen molar-refractivity contribution in [3.8, 4) is 5.88 Å². The van der Waals surface area contributed by atoms with Gasteiger partial charge in [0.25, 0.3) is 0 Å². The van der Waals surface area contributed by atoms with Crippen LogP contribution in [-0.4, -0.2) is 53.1 Å². The number of piperazine rings is 1. The van der Waals surface area contributed by atoms with Gasteiger partial charge in [0, 0.05) is 45.0 Å². The van der Waals surface area contributed by atoms with Gasteiger partial charge in [0.2, 0.25) is 5.88 Å². The Bertz CT molecular complexity index is 631. The molecule has 0 aromatic carbocycles. The van der Waals surface area contributed by atoms with Crippen molar-refractivity contribution in [2.75, 3.05) is 38.2 Å². The molecule has 0 spiro atoms. The molecule has 1 aliphatic heterocycles. The zero-order chi connectivity index (χ0) is 15.4. The average Bonchev–Trinajstić information content (AvgIpc) is 2.58. The number of pyridine rings is 1. The van der Waals surface area contributed by atoms with Gasteiger partial charge in [0.15, 0.2) is 0 Å². The van der Waals surface area contributed by atoms with Crippen LogP contribution < -0.4 is 9.64 Å². The molecule has 3 heterocycles. The Balaban J connectivity index is 1.59. The molecule has 116 valence electrons. The van der Waals surface area contributed by atoms with Gasteiger partial charge in [0.05, 0.1) is 12.8 Å². The minimum Gasteiger partial charge on any atom is -0.481 e. The molecule has 0 aliphatic carbocycles. The van der Waals surface area contributed by atoms with Gasteiger partial charge < -0.3 is 9.64 Å². The van der Waals surface area contributed by atoms with E-state index in [-0.39, 0.29) is 5.82 Å². The monoisotopic (exact) mass is 303 g/mol. The van der Waals surface area contributed by atoms with Crippen molar-refractivity contribution in [2.24, 2.45) is 0 Å². The van der Waals surface area contributed by atoms with Crippen LogP contribution in [0.3, 0.4) is 0 Å². The van der Waals surface area contributed by atoms with Crippen LogP contribution in [0.4, 0.5) is 10.2 Å². The van der Waals surface area contributed by atoms with E-state index in [9.17, 15) is 4.39 Å². The normalized spacial score (nSPS) is 15.8. The molecule has 6 nitrogen and oxygen atoms in total. The summed E-state index contributed by atoms with van der Waals surface area (Å²) in [5.41, 5.74) is 0.500. The molecule has 2 aromatic heterocycles. The number of ether oxygens (including phenoxy) is 1. The van der Waals surface area contributed by atoms with Crippen molar-refractivity contribution in [2.45, 2.75) is 6.54 Å². The van der Waals surface area contributed by atoms with Gasteiger partial charge in [-0.05, 0) is 12.1 Å². The first-order chi connectivity index (χ1) is 10.8. The van der Waals surface area contributed by atoms with Crippen molar-refractivity contribution >= 4 is 5.82 Å². The van der Waals surface area contributed by atoms with Gasteiger partial charge >= 0.3 is 0 Å². The molecule has 2 aromatic rings. The van der Waals surface area contributed by atoms with Crippen molar-refractivity contribution in [1.29, 1.82) is 0 Å². The van der Waals surface area contributed by atoms with E-state index in [0.29, 0.717) is 18.1 Å². The smallest absolute Gasteiger partial charge is 0.218 e. The molecular formula is C15H18FN5O. The Kier molecular flexibility index (Phi) is 4.43. The predicted octanol–water partition coefficient (Wildman–Crippen LogP) is 1.34. The Morgan fingerprint density at radius 1 is 1.18 bits per heavy atom. The summed E-state index contributed by atoms with van der Waals surface area (Å²) in [6, 6.07) is 4.89. The zero-order valence-electron chi connectivity index (χ0n) is 12.4. The maximum absolute atomic E-state index is 13.6.